The minimum atomic E-state index is -1.07. The Labute approximate surface area is 157 Å². The van der Waals surface area contributed by atoms with Gasteiger partial charge >= 0.3 is 5.97 Å². The molecule has 1 aliphatic rings. The molecule has 0 radical (unpaired) electrons. The maximum Gasteiger partial charge on any atom is 0.335 e. The quantitative estimate of drug-likeness (QED) is 0.851. The van der Waals surface area contributed by atoms with E-state index < -0.39 is 5.97 Å². The number of amides is 2. The van der Waals surface area contributed by atoms with E-state index in [9.17, 15) is 19.5 Å². The van der Waals surface area contributed by atoms with Gasteiger partial charge in [-0.3, -0.25) is 9.59 Å². The Morgan fingerprint density at radius 1 is 0.889 bits per heavy atom. The van der Waals surface area contributed by atoms with Crippen molar-refractivity contribution in [2.45, 2.75) is 25.7 Å². The average Bonchev–Trinajstić information content (AvgIpc) is 2.69. The van der Waals surface area contributed by atoms with E-state index in [1.165, 1.54) is 6.07 Å². The third-order valence-corrected chi connectivity index (χ3v) is 4.67. The van der Waals surface area contributed by atoms with Crippen LogP contribution in [0.1, 0.15) is 45.5 Å². The van der Waals surface area contributed by atoms with E-state index >= 15 is 0 Å². The van der Waals surface area contributed by atoms with Crippen molar-refractivity contribution in [1.29, 1.82) is 0 Å². The molecule has 2 aromatic rings. The lowest BCUT2D eigenvalue weighted by Crippen LogP contribution is -2.36. The van der Waals surface area contributed by atoms with Crippen molar-refractivity contribution in [2.75, 3.05) is 18.4 Å². The highest BCUT2D eigenvalue weighted by Crippen LogP contribution is 2.20. The van der Waals surface area contributed by atoms with Crippen LogP contribution in [0.25, 0.3) is 0 Å². The molecule has 2 N–H and O–H groups in total. The van der Waals surface area contributed by atoms with E-state index in [4.69, 9.17) is 0 Å². The summed E-state index contributed by atoms with van der Waals surface area (Å²) in [5, 5.41) is 12.0. The first-order valence-electron chi connectivity index (χ1n) is 9.05. The Morgan fingerprint density at radius 3 is 2.22 bits per heavy atom. The van der Waals surface area contributed by atoms with Crippen LogP contribution in [0.4, 0.5) is 5.69 Å². The topological polar surface area (TPSA) is 86.7 Å². The highest BCUT2D eigenvalue weighted by atomic mass is 16.4. The number of benzene rings is 2. The smallest absolute Gasteiger partial charge is 0.335 e. The first kappa shape index (κ1) is 18.6. The SMILES string of the molecule is O=C(Cc1ccccc1C(=O)O)Nc1ccccc1C(=O)N1CCCCC1. The van der Waals surface area contributed by atoms with E-state index in [1.54, 1.807) is 42.5 Å². The summed E-state index contributed by atoms with van der Waals surface area (Å²) in [5.41, 5.74) is 1.44. The molecule has 0 aromatic heterocycles. The number of carbonyl (C=O) groups excluding carboxylic acids is 2. The summed E-state index contributed by atoms with van der Waals surface area (Å²) in [7, 11) is 0. The molecule has 0 atom stereocenters. The summed E-state index contributed by atoms with van der Waals surface area (Å²) in [6, 6.07) is 13.3. The average molecular weight is 366 g/mol. The number of nitrogens with one attached hydrogen (secondary N) is 1. The number of hydrogen-bond acceptors (Lipinski definition) is 3. The zero-order chi connectivity index (χ0) is 19.2. The number of carboxylic acids is 1. The summed E-state index contributed by atoms with van der Waals surface area (Å²) in [5.74, 6) is -1.52. The van der Waals surface area contributed by atoms with Gasteiger partial charge in [0.15, 0.2) is 0 Å². The molecule has 6 nitrogen and oxygen atoms in total. The van der Waals surface area contributed by atoms with Gasteiger partial charge in [-0.1, -0.05) is 30.3 Å². The lowest BCUT2D eigenvalue weighted by atomic mass is 10.0. The number of aromatic carboxylic acids is 1. The number of carboxylic acid groups (broad SMARTS) is 1. The Balaban J connectivity index is 1.75. The largest absolute Gasteiger partial charge is 0.478 e. The van der Waals surface area contributed by atoms with E-state index in [1.807, 2.05) is 4.90 Å². The maximum absolute atomic E-state index is 12.8. The van der Waals surface area contributed by atoms with E-state index in [0.29, 0.717) is 16.8 Å². The molecular formula is C21H22N2O4. The number of piperidine rings is 1. The third-order valence-electron chi connectivity index (χ3n) is 4.67. The van der Waals surface area contributed by atoms with Crippen LogP contribution >= 0.6 is 0 Å². The molecule has 0 saturated carbocycles. The van der Waals surface area contributed by atoms with Gasteiger partial charge in [-0.15, -0.1) is 0 Å². The van der Waals surface area contributed by atoms with Crippen molar-refractivity contribution < 1.29 is 19.5 Å². The minimum absolute atomic E-state index is 0.0747. The van der Waals surface area contributed by atoms with E-state index in [2.05, 4.69) is 5.32 Å². The molecule has 1 saturated heterocycles. The van der Waals surface area contributed by atoms with Crippen LogP contribution in [0.3, 0.4) is 0 Å². The van der Waals surface area contributed by atoms with Gasteiger partial charge < -0.3 is 15.3 Å². The second-order valence-electron chi connectivity index (χ2n) is 6.59. The van der Waals surface area contributed by atoms with Gasteiger partial charge in [0.2, 0.25) is 5.91 Å². The zero-order valence-electron chi connectivity index (χ0n) is 15.0. The lowest BCUT2D eigenvalue weighted by molar-refractivity contribution is -0.115. The van der Waals surface area contributed by atoms with E-state index in [0.717, 1.165) is 32.4 Å². The molecule has 0 bridgehead atoms. The molecule has 140 valence electrons. The number of rotatable bonds is 5. The highest BCUT2D eigenvalue weighted by Gasteiger charge is 2.21. The summed E-state index contributed by atoms with van der Waals surface area (Å²) in [6.07, 6.45) is 3.04. The van der Waals surface area contributed by atoms with Crippen LogP contribution in [0.2, 0.25) is 0 Å². The molecule has 27 heavy (non-hydrogen) atoms. The number of para-hydroxylation sites is 1. The maximum atomic E-state index is 12.8. The second-order valence-corrected chi connectivity index (χ2v) is 6.59. The number of nitrogens with zero attached hydrogens (tertiary/aromatic N) is 1. The van der Waals surface area contributed by atoms with Crippen molar-refractivity contribution in [3.8, 4) is 0 Å². The van der Waals surface area contributed by atoms with E-state index in [-0.39, 0.29) is 23.8 Å². The van der Waals surface area contributed by atoms with Crippen LogP contribution < -0.4 is 5.32 Å². The number of likely N-dealkylation sites (tertiary alicyclic amines) is 1. The molecular weight excluding hydrogens is 344 g/mol. The Morgan fingerprint density at radius 2 is 1.52 bits per heavy atom. The van der Waals surface area contributed by atoms with Crippen molar-refractivity contribution in [3.63, 3.8) is 0 Å². The monoisotopic (exact) mass is 366 g/mol. The Bertz CT molecular complexity index is 857. The molecule has 3 rings (SSSR count). The molecule has 6 heteroatoms. The van der Waals surface area contributed by atoms with Gasteiger partial charge in [0.25, 0.3) is 5.91 Å². The molecule has 0 unspecified atom stereocenters. The first-order valence-corrected chi connectivity index (χ1v) is 9.05. The fraction of sp³-hybridized carbons (Fsp3) is 0.286. The molecule has 1 heterocycles. The molecule has 1 fully saturated rings. The normalized spacial score (nSPS) is 13.9. The highest BCUT2D eigenvalue weighted by molar-refractivity contribution is 6.04. The summed E-state index contributed by atoms with van der Waals surface area (Å²) in [4.78, 5) is 38.4. The van der Waals surface area contributed by atoms with Crippen molar-refractivity contribution in [1.82, 2.24) is 4.90 Å². The number of carbonyl (C=O) groups is 3. The summed E-state index contributed by atoms with van der Waals surface area (Å²) >= 11 is 0. The van der Waals surface area contributed by atoms with Crippen LogP contribution in [0.5, 0.6) is 0 Å². The standard InChI is InChI=1S/C21H22N2O4/c24-19(14-15-8-2-3-9-16(15)21(26)27)22-18-11-5-4-10-17(18)20(25)23-12-6-1-7-13-23/h2-5,8-11H,1,6-7,12-14H2,(H,22,24)(H,26,27). The summed E-state index contributed by atoms with van der Waals surface area (Å²) in [6.45, 7) is 1.46. The van der Waals surface area contributed by atoms with Crippen molar-refractivity contribution >= 4 is 23.5 Å². The van der Waals surface area contributed by atoms with Crippen LogP contribution in [-0.4, -0.2) is 40.9 Å². The van der Waals surface area contributed by atoms with Gasteiger partial charge in [-0.25, -0.2) is 4.79 Å². The van der Waals surface area contributed by atoms with Crippen LogP contribution in [0.15, 0.2) is 48.5 Å². The molecule has 0 aliphatic carbocycles. The summed E-state index contributed by atoms with van der Waals surface area (Å²) < 4.78 is 0. The van der Waals surface area contributed by atoms with Crippen molar-refractivity contribution in [3.05, 3.63) is 65.2 Å². The Hall–Kier alpha value is -3.15. The molecule has 2 aromatic carbocycles. The second kappa shape index (κ2) is 8.49. The fourth-order valence-corrected chi connectivity index (χ4v) is 3.30. The Kier molecular flexibility index (Phi) is 5.86. The van der Waals surface area contributed by atoms with Crippen LogP contribution in [-0.2, 0) is 11.2 Å². The minimum Gasteiger partial charge on any atom is -0.478 e. The van der Waals surface area contributed by atoms with Gasteiger partial charge in [0.1, 0.15) is 0 Å². The number of anilines is 1. The number of hydrogen-bond donors (Lipinski definition) is 2. The zero-order valence-corrected chi connectivity index (χ0v) is 15.0. The van der Waals surface area contributed by atoms with Crippen LogP contribution in [0, 0.1) is 0 Å². The van der Waals surface area contributed by atoms with Gasteiger partial charge in [-0.2, -0.15) is 0 Å². The molecule has 2 amide bonds. The predicted octanol–water partition coefficient (Wildman–Crippen LogP) is 3.19. The molecule has 1 aliphatic heterocycles. The third kappa shape index (κ3) is 4.53. The predicted molar refractivity (Wildman–Crippen MR) is 102 cm³/mol. The van der Waals surface area contributed by atoms with Crippen molar-refractivity contribution in [2.24, 2.45) is 0 Å². The van der Waals surface area contributed by atoms with Gasteiger partial charge in [0.05, 0.1) is 23.2 Å². The fourth-order valence-electron chi connectivity index (χ4n) is 3.30. The molecule has 0 spiro atoms. The van der Waals surface area contributed by atoms with Gasteiger partial charge in [0, 0.05) is 13.1 Å². The lowest BCUT2D eigenvalue weighted by Gasteiger charge is -2.27. The first-order chi connectivity index (χ1) is 13.1. The van der Waals surface area contributed by atoms with Gasteiger partial charge in [-0.05, 0) is 43.0 Å².